The molecule has 3 aromatic heterocycles. The standard InChI is InChI=1S/C63H66N4O.Pt/c1-39(2)46-32-54(40(3)4)61(55(33-46)41(5)6)44-17-15-18-49(31-44)65-27-28-66(38-65)50-19-16-20-51(36-50)68-52-22-23-53-56-35-47(62(9,10)11)21-24-57(56)67(58(53)37-52)59-34-45(25-26-64-59)60-42(7)29-48(30-43(60)8)63(12,13)14;/h15-35,39-41H,1-14H3;/q-2;. The van der Waals surface area contributed by atoms with E-state index in [1.807, 2.05) is 47.4 Å². The molecule has 0 bridgehead atoms. The Morgan fingerprint density at radius 1 is 0.609 bits per heavy atom. The first-order valence-electron chi connectivity index (χ1n) is 24.4. The minimum atomic E-state index is -0.0156. The van der Waals surface area contributed by atoms with E-state index in [0.29, 0.717) is 29.3 Å². The number of rotatable bonds is 10. The molecule has 0 amide bonds. The van der Waals surface area contributed by atoms with Gasteiger partial charge in [-0.15, -0.1) is 29.7 Å². The van der Waals surface area contributed by atoms with Gasteiger partial charge in [0.1, 0.15) is 5.82 Å². The van der Waals surface area contributed by atoms with Crippen molar-refractivity contribution >= 4 is 21.8 Å². The molecule has 0 aliphatic rings. The van der Waals surface area contributed by atoms with Gasteiger partial charge in [-0.05, 0) is 145 Å². The Kier molecular flexibility index (Phi) is 13.6. The molecule has 0 saturated carbocycles. The van der Waals surface area contributed by atoms with Gasteiger partial charge < -0.3 is 13.9 Å². The van der Waals surface area contributed by atoms with Crippen molar-refractivity contribution in [3.63, 3.8) is 0 Å². The maximum absolute atomic E-state index is 6.64. The van der Waals surface area contributed by atoms with Gasteiger partial charge in [-0.1, -0.05) is 137 Å². The van der Waals surface area contributed by atoms with Gasteiger partial charge in [0.25, 0.3) is 6.33 Å². The van der Waals surface area contributed by atoms with Crippen LogP contribution in [0.25, 0.3) is 61.3 Å². The largest absolute Gasteiger partial charge is 0.510 e. The predicted molar refractivity (Wildman–Crippen MR) is 282 cm³/mol. The van der Waals surface area contributed by atoms with E-state index in [2.05, 4.69) is 209 Å². The third-order valence-corrected chi connectivity index (χ3v) is 13.5. The number of fused-ring (bicyclic) bond motifs is 3. The van der Waals surface area contributed by atoms with Crippen LogP contribution in [-0.4, -0.2) is 14.1 Å². The van der Waals surface area contributed by atoms with Crippen molar-refractivity contribution in [2.24, 2.45) is 0 Å². The van der Waals surface area contributed by atoms with Crippen molar-refractivity contribution in [1.82, 2.24) is 14.1 Å². The molecule has 0 saturated heterocycles. The van der Waals surface area contributed by atoms with Crippen molar-refractivity contribution in [2.75, 3.05) is 0 Å². The van der Waals surface area contributed by atoms with E-state index in [-0.39, 0.29) is 31.9 Å². The van der Waals surface area contributed by atoms with Gasteiger partial charge in [-0.2, -0.15) is 18.2 Å². The van der Waals surface area contributed by atoms with Crippen LogP contribution >= 0.6 is 0 Å². The normalized spacial score (nSPS) is 12.2. The Bertz CT molecular complexity index is 3300. The summed E-state index contributed by atoms with van der Waals surface area (Å²) in [5.41, 5.74) is 18.2. The molecule has 3 heterocycles. The number of benzene rings is 6. The van der Waals surface area contributed by atoms with Crippen LogP contribution < -0.4 is 9.30 Å². The average Bonchev–Trinajstić information content (AvgIpc) is 3.91. The van der Waals surface area contributed by atoms with Crippen LogP contribution in [0.2, 0.25) is 0 Å². The predicted octanol–water partition coefficient (Wildman–Crippen LogP) is 16.4. The van der Waals surface area contributed by atoms with Gasteiger partial charge in [-0.25, -0.2) is 4.98 Å². The molecule has 0 unspecified atom stereocenters. The summed E-state index contributed by atoms with van der Waals surface area (Å²) in [5, 5.41) is 2.25. The molecule has 9 aromatic rings. The minimum absolute atomic E-state index is 0. The minimum Gasteiger partial charge on any atom is -0.510 e. The summed E-state index contributed by atoms with van der Waals surface area (Å²) in [6.07, 6.45) is 9.55. The summed E-state index contributed by atoms with van der Waals surface area (Å²) in [7, 11) is 0. The molecule has 0 N–H and O–H groups in total. The number of hydrogen-bond donors (Lipinski definition) is 0. The van der Waals surface area contributed by atoms with Crippen LogP contribution in [0.5, 0.6) is 11.5 Å². The first kappa shape index (κ1) is 49.4. The zero-order valence-corrected chi connectivity index (χ0v) is 45.1. The fraction of sp³-hybridized carbons (Fsp3) is 0.302. The molecule has 5 nitrogen and oxygen atoms in total. The zero-order chi connectivity index (χ0) is 48.4. The number of imidazole rings is 1. The van der Waals surface area contributed by atoms with Crippen LogP contribution in [0.4, 0.5) is 0 Å². The van der Waals surface area contributed by atoms with E-state index < -0.39 is 0 Å². The van der Waals surface area contributed by atoms with E-state index in [0.717, 1.165) is 44.6 Å². The Hall–Kier alpha value is -6.03. The van der Waals surface area contributed by atoms with E-state index in [1.165, 1.54) is 55.6 Å². The summed E-state index contributed by atoms with van der Waals surface area (Å²) in [6, 6.07) is 46.9. The average molecular weight is 1090 g/mol. The Morgan fingerprint density at radius 2 is 1.26 bits per heavy atom. The third-order valence-electron chi connectivity index (χ3n) is 13.5. The molecule has 0 aliphatic carbocycles. The number of aromatic nitrogens is 4. The van der Waals surface area contributed by atoms with Crippen molar-refractivity contribution in [2.45, 2.75) is 126 Å². The fourth-order valence-corrected chi connectivity index (χ4v) is 9.69. The molecule has 0 radical (unpaired) electrons. The van der Waals surface area contributed by atoms with Gasteiger partial charge in [-0.3, -0.25) is 4.57 Å². The van der Waals surface area contributed by atoms with Crippen molar-refractivity contribution in [3.05, 3.63) is 185 Å². The van der Waals surface area contributed by atoms with E-state index in [9.17, 15) is 0 Å². The maximum Gasteiger partial charge on any atom is 0.267 e. The van der Waals surface area contributed by atoms with Gasteiger partial charge >= 0.3 is 0 Å². The van der Waals surface area contributed by atoms with Crippen LogP contribution in [0.1, 0.15) is 140 Å². The van der Waals surface area contributed by atoms with Crippen LogP contribution in [0.3, 0.4) is 0 Å². The molecule has 356 valence electrons. The van der Waals surface area contributed by atoms with Crippen LogP contribution in [0, 0.1) is 32.3 Å². The van der Waals surface area contributed by atoms with E-state index in [1.54, 1.807) is 0 Å². The van der Waals surface area contributed by atoms with Gasteiger partial charge in [0.15, 0.2) is 0 Å². The summed E-state index contributed by atoms with van der Waals surface area (Å²) >= 11 is 0. The molecule has 0 spiro atoms. The smallest absolute Gasteiger partial charge is 0.267 e. The van der Waals surface area contributed by atoms with E-state index >= 15 is 0 Å². The Labute approximate surface area is 425 Å². The van der Waals surface area contributed by atoms with Crippen LogP contribution in [-0.2, 0) is 31.9 Å². The quantitative estimate of drug-likeness (QED) is 0.101. The molecule has 0 fully saturated rings. The number of aryl methyl sites for hydroxylation is 2. The summed E-state index contributed by atoms with van der Waals surface area (Å²) in [4.78, 5) is 5.02. The summed E-state index contributed by atoms with van der Waals surface area (Å²) in [5.74, 6) is 3.27. The van der Waals surface area contributed by atoms with Gasteiger partial charge in [0.05, 0.1) is 5.69 Å². The molecular formula is C63H66N4OPt-2. The molecule has 0 aliphatic heterocycles. The Morgan fingerprint density at radius 3 is 1.91 bits per heavy atom. The number of hydrogen-bond acceptors (Lipinski definition) is 2. The molecule has 69 heavy (non-hydrogen) atoms. The second-order valence-electron chi connectivity index (χ2n) is 21.8. The second kappa shape index (κ2) is 19.0. The summed E-state index contributed by atoms with van der Waals surface area (Å²) in [6.45, 7) is 31.8. The number of nitrogens with zero attached hydrogens (tertiary/aromatic N) is 4. The van der Waals surface area contributed by atoms with Gasteiger partial charge in [0, 0.05) is 56.7 Å². The Balaban J connectivity index is 0.00000642. The molecule has 0 atom stereocenters. The third kappa shape index (κ3) is 9.78. The topological polar surface area (TPSA) is 35.9 Å². The molecule has 6 aromatic carbocycles. The second-order valence-corrected chi connectivity index (χ2v) is 21.8. The van der Waals surface area contributed by atoms with Crippen molar-refractivity contribution in [1.29, 1.82) is 0 Å². The molecule has 9 rings (SSSR count). The zero-order valence-electron chi connectivity index (χ0n) is 42.9. The van der Waals surface area contributed by atoms with Crippen molar-refractivity contribution in [3.8, 4) is 50.9 Å². The number of ether oxygens (including phenoxy) is 1. The fourth-order valence-electron chi connectivity index (χ4n) is 9.69. The SMILES string of the molecule is Cc1cc(C(C)(C)C)cc(C)c1-c1ccnc(-n2c3[c-]c(Oc4[c-]c(-n5[c-][n+](-c6cccc(-c7c(C(C)C)cc(C(C)C)cc7C(C)C)c6)cc5)ccc4)ccc3c3cc(C(C)(C)C)ccc32)c1.[Pt]. The monoisotopic (exact) mass is 1090 g/mol. The molecule has 6 heteroatoms. The maximum atomic E-state index is 6.64. The van der Waals surface area contributed by atoms with Crippen molar-refractivity contribution < 1.29 is 30.4 Å². The number of pyridine rings is 1. The van der Waals surface area contributed by atoms with E-state index in [4.69, 9.17) is 9.72 Å². The summed E-state index contributed by atoms with van der Waals surface area (Å²) < 4.78 is 12.9. The first-order valence-corrected chi connectivity index (χ1v) is 24.4. The van der Waals surface area contributed by atoms with Crippen LogP contribution in [0.15, 0.2) is 128 Å². The first-order chi connectivity index (χ1) is 32.2. The van der Waals surface area contributed by atoms with Gasteiger partial charge in [0.2, 0.25) is 0 Å². The molecular weight excluding hydrogens is 1020 g/mol.